The van der Waals surface area contributed by atoms with Gasteiger partial charge < -0.3 is 15.5 Å². The number of amides is 3. The van der Waals surface area contributed by atoms with E-state index >= 15 is 0 Å². The summed E-state index contributed by atoms with van der Waals surface area (Å²) in [5.41, 5.74) is 4.56. The topological polar surface area (TPSA) is 96.3 Å². The molecule has 0 radical (unpaired) electrons. The maximum Gasteiger partial charge on any atom is 0.256 e. The molecule has 1 saturated heterocycles. The third-order valence-corrected chi connectivity index (χ3v) is 6.64. The van der Waals surface area contributed by atoms with E-state index in [4.69, 9.17) is 0 Å². The van der Waals surface area contributed by atoms with E-state index in [-0.39, 0.29) is 23.6 Å². The van der Waals surface area contributed by atoms with E-state index in [9.17, 15) is 14.4 Å². The molecule has 3 aromatic rings. The summed E-state index contributed by atoms with van der Waals surface area (Å²) in [6.45, 7) is 5.15. The SMILES string of the molecule is Cc1ccc(C(=O)Nc2cnn(-c3ccc(C(=O)NCC4CC(=O)N(C5CC5)C4)cc3)c2)c(C)c1. The lowest BCUT2D eigenvalue weighted by Gasteiger charge is -2.15. The number of likely N-dealkylation sites (tertiary alicyclic amines) is 1. The van der Waals surface area contributed by atoms with Crippen LogP contribution < -0.4 is 10.6 Å². The number of nitrogens with one attached hydrogen (secondary N) is 2. The first-order valence-electron chi connectivity index (χ1n) is 12.0. The lowest BCUT2D eigenvalue weighted by molar-refractivity contribution is -0.128. The van der Waals surface area contributed by atoms with Gasteiger partial charge in [0.25, 0.3) is 11.8 Å². The van der Waals surface area contributed by atoms with Gasteiger partial charge in [-0.3, -0.25) is 14.4 Å². The van der Waals surface area contributed by atoms with Crippen LogP contribution in [0.5, 0.6) is 0 Å². The molecule has 35 heavy (non-hydrogen) atoms. The fourth-order valence-electron chi connectivity index (χ4n) is 4.58. The summed E-state index contributed by atoms with van der Waals surface area (Å²) in [5.74, 6) is 0.0432. The van der Waals surface area contributed by atoms with Crippen LogP contribution in [0.1, 0.15) is 51.1 Å². The highest BCUT2D eigenvalue weighted by Gasteiger charge is 2.39. The number of hydrogen-bond acceptors (Lipinski definition) is 4. The zero-order valence-electron chi connectivity index (χ0n) is 20.0. The number of rotatable bonds is 7. The summed E-state index contributed by atoms with van der Waals surface area (Å²) >= 11 is 0. The molecule has 0 spiro atoms. The number of hydrogen-bond donors (Lipinski definition) is 2. The third kappa shape index (κ3) is 5.11. The van der Waals surface area contributed by atoms with Crippen LogP contribution in [0.15, 0.2) is 54.9 Å². The first-order chi connectivity index (χ1) is 16.9. The van der Waals surface area contributed by atoms with Gasteiger partial charge in [0, 0.05) is 42.6 Å². The van der Waals surface area contributed by atoms with Gasteiger partial charge in [-0.1, -0.05) is 17.7 Å². The Balaban J connectivity index is 1.16. The van der Waals surface area contributed by atoms with Crippen molar-refractivity contribution >= 4 is 23.4 Å². The predicted octanol–water partition coefficient (Wildman–Crippen LogP) is 3.48. The standard InChI is InChI=1S/C27H29N5O3/c1-17-3-10-24(18(2)11-17)27(35)30-21-14-29-32(16-21)23-6-4-20(5-7-23)26(34)28-13-19-12-25(33)31(15-19)22-8-9-22/h3-7,10-11,14,16,19,22H,8-9,12-13,15H2,1-2H3,(H,28,34)(H,30,35). The van der Waals surface area contributed by atoms with E-state index in [2.05, 4.69) is 15.7 Å². The molecule has 1 aromatic heterocycles. The van der Waals surface area contributed by atoms with E-state index in [1.807, 2.05) is 49.1 Å². The van der Waals surface area contributed by atoms with Crippen molar-refractivity contribution in [1.29, 1.82) is 0 Å². The van der Waals surface area contributed by atoms with Gasteiger partial charge in [-0.2, -0.15) is 5.10 Å². The Morgan fingerprint density at radius 2 is 1.83 bits per heavy atom. The van der Waals surface area contributed by atoms with Gasteiger partial charge in [0.05, 0.1) is 23.8 Å². The summed E-state index contributed by atoms with van der Waals surface area (Å²) < 4.78 is 1.65. The lowest BCUT2D eigenvalue weighted by atomic mass is 10.1. The summed E-state index contributed by atoms with van der Waals surface area (Å²) in [4.78, 5) is 39.3. The van der Waals surface area contributed by atoms with Crippen LogP contribution in [0.2, 0.25) is 0 Å². The Morgan fingerprint density at radius 1 is 1.06 bits per heavy atom. The number of aromatic nitrogens is 2. The molecule has 8 nitrogen and oxygen atoms in total. The van der Waals surface area contributed by atoms with Crippen LogP contribution in [-0.2, 0) is 4.79 Å². The van der Waals surface area contributed by atoms with Gasteiger partial charge in [-0.15, -0.1) is 0 Å². The van der Waals surface area contributed by atoms with Crippen LogP contribution in [0.25, 0.3) is 5.69 Å². The Bertz CT molecular complexity index is 1280. The number of carbonyl (C=O) groups is 3. The van der Waals surface area contributed by atoms with Crippen molar-refractivity contribution in [2.45, 2.75) is 39.2 Å². The Kier molecular flexibility index (Phi) is 6.11. The second-order valence-corrected chi connectivity index (χ2v) is 9.55. The Morgan fingerprint density at radius 3 is 2.54 bits per heavy atom. The smallest absolute Gasteiger partial charge is 0.256 e. The van der Waals surface area contributed by atoms with Crippen molar-refractivity contribution in [1.82, 2.24) is 20.0 Å². The van der Waals surface area contributed by atoms with E-state index in [0.29, 0.717) is 35.8 Å². The van der Waals surface area contributed by atoms with E-state index < -0.39 is 0 Å². The quantitative estimate of drug-likeness (QED) is 0.551. The van der Waals surface area contributed by atoms with E-state index in [1.54, 1.807) is 29.2 Å². The largest absolute Gasteiger partial charge is 0.352 e. The third-order valence-electron chi connectivity index (χ3n) is 6.64. The molecule has 180 valence electrons. The minimum atomic E-state index is -0.182. The summed E-state index contributed by atoms with van der Waals surface area (Å²) in [7, 11) is 0. The maximum atomic E-state index is 12.6. The predicted molar refractivity (Wildman–Crippen MR) is 133 cm³/mol. The zero-order valence-corrected chi connectivity index (χ0v) is 20.0. The van der Waals surface area contributed by atoms with Gasteiger partial charge in [-0.05, 0) is 62.6 Å². The molecule has 2 heterocycles. The summed E-state index contributed by atoms with van der Waals surface area (Å²) in [5, 5.41) is 10.2. The molecule has 0 bridgehead atoms. The summed E-state index contributed by atoms with van der Waals surface area (Å²) in [6.07, 6.45) is 6.05. The average molecular weight is 472 g/mol. The number of benzene rings is 2. The molecule has 2 fully saturated rings. The molecule has 2 N–H and O–H groups in total. The van der Waals surface area contributed by atoms with Crippen molar-refractivity contribution in [3.63, 3.8) is 0 Å². The molecule has 1 aliphatic carbocycles. The summed E-state index contributed by atoms with van der Waals surface area (Å²) in [6, 6.07) is 13.3. The fourth-order valence-corrected chi connectivity index (χ4v) is 4.58. The number of nitrogens with zero attached hydrogens (tertiary/aromatic N) is 3. The molecule has 3 amide bonds. The van der Waals surface area contributed by atoms with Gasteiger partial charge in [0.2, 0.25) is 5.91 Å². The van der Waals surface area contributed by atoms with Crippen molar-refractivity contribution < 1.29 is 14.4 Å². The second-order valence-electron chi connectivity index (χ2n) is 9.55. The molecule has 2 aromatic carbocycles. The van der Waals surface area contributed by atoms with Crippen LogP contribution >= 0.6 is 0 Å². The first kappa shape index (κ1) is 22.8. The van der Waals surface area contributed by atoms with Crippen molar-refractivity contribution in [3.05, 3.63) is 77.1 Å². The monoisotopic (exact) mass is 471 g/mol. The molecule has 1 aliphatic heterocycles. The molecular formula is C27H29N5O3. The molecule has 1 saturated carbocycles. The second kappa shape index (κ2) is 9.37. The highest BCUT2D eigenvalue weighted by Crippen LogP contribution is 2.32. The Hall–Kier alpha value is -3.94. The number of carbonyl (C=O) groups excluding carboxylic acids is 3. The fraction of sp³-hybridized carbons (Fsp3) is 0.333. The molecule has 2 aliphatic rings. The van der Waals surface area contributed by atoms with Crippen LogP contribution in [0.4, 0.5) is 5.69 Å². The number of aryl methyl sites for hydroxylation is 2. The zero-order chi connectivity index (χ0) is 24.5. The van der Waals surface area contributed by atoms with E-state index in [0.717, 1.165) is 36.2 Å². The highest BCUT2D eigenvalue weighted by atomic mass is 16.2. The van der Waals surface area contributed by atoms with Crippen LogP contribution in [0, 0.1) is 19.8 Å². The first-order valence-corrected chi connectivity index (χ1v) is 12.0. The van der Waals surface area contributed by atoms with Crippen molar-refractivity contribution in [3.8, 4) is 5.69 Å². The maximum absolute atomic E-state index is 12.6. The minimum Gasteiger partial charge on any atom is -0.352 e. The minimum absolute atomic E-state index is 0.157. The normalized spacial score (nSPS) is 17.5. The molecule has 5 rings (SSSR count). The molecule has 1 unspecified atom stereocenters. The average Bonchev–Trinajstić information content (AvgIpc) is 3.46. The van der Waals surface area contributed by atoms with Gasteiger partial charge >= 0.3 is 0 Å². The lowest BCUT2D eigenvalue weighted by Crippen LogP contribution is -2.32. The molecule has 8 heteroatoms. The van der Waals surface area contributed by atoms with Crippen molar-refractivity contribution in [2.75, 3.05) is 18.4 Å². The molecule has 1 atom stereocenters. The highest BCUT2D eigenvalue weighted by molar-refractivity contribution is 6.05. The van der Waals surface area contributed by atoms with E-state index in [1.165, 1.54) is 0 Å². The van der Waals surface area contributed by atoms with Crippen LogP contribution in [0.3, 0.4) is 0 Å². The van der Waals surface area contributed by atoms with Crippen molar-refractivity contribution in [2.24, 2.45) is 5.92 Å². The Labute approximate surface area is 204 Å². The van der Waals surface area contributed by atoms with Gasteiger partial charge in [0.15, 0.2) is 0 Å². The van der Waals surface area contributed by atoms with Crippen LogP contribution in [-0.4, -0.2) is 51.5 Å². The number of anilines is 1. The molecular weight excluding hydrogens is 442 g/mol. The van der Waals surface area contributed by atoms with Gasteiger partial charge in [-0.25, -0.2) is 4.68 Å². The van der Waals surface area contributed by atoms with Gasteiger partial charge in [0.1, 0.15) is 0 Å².